The molecule has 2 rings (SSSR count). The maximum atomic E-state index is 12.8. The fourth-order valence-electron chi connectivity index (χ4n) is 2.77. The molecule has 0 bridgehead atoms. The van der Waals surface area contributed by atoms with Crippen molar-refractivity contribution in [3.05, 3.63) is 0 Å². The summed E-state index contributed by atoms with van der Waals surface area (Å²) in [6.07, 6.45) is 2.08. The van der Waals surface area contributed by atoms with E-state index in [-0.39, 0.29) is 11.8 Å². The Bertz CT molecular complexity index is 403. The molecule has 0 amide bonds. The number of halogens is 2. The second kappa shape index (κ2) is 4.72. The topological polar surface area (TPSA) is 47.9 Å². The van der Waals surface area contributed by atoms with Crippen molar-refractivity contribution in [1.29, 1.82) is 0 Å². The van der Waals surface area contributed by atoms with Gasteiger partial charge < -0.3 is 9.57 Å². The van der Waals surface area contributed by atoms with Crippen LogP contribution in [0.3, 0.4) is 0 Å². The second-order valence-corrected chi connectivity index (χ2v) is 5.74. The van der Waals surface area contributed by atoms with Crippen molar-refractivity contribution in [2.45, 2.75) is 51.6 Å². The van der Waals surface area contributed by atoms with E-state index in [2.05, 4.69) is 5.16 Å². The highest BCUT2D eigenvalue weighted by Crippen LogP contribution is 2.46. The molecule has 0 spiro atoms. The molecule has 2 aliphatic rings. The average molecular weight is 275 g/mol. The molecule has 0 aromatic rings. The van der Waals surface area contributed by atoms with E-state index in [9.17, 15) is 13.6 Å². The molecule has 6 heteroatoms. The summed E-state index contributed by atoms with van der Waals surface area (Å²) in [5.74, 6) is -3.70. The van der Waals surface area contributed by atoms with Crippen molar-refractivity contribution < 1.29 is 23.1 Å². The molecule has 0 saturated heterocycles. The van der Waals surface area contributed by atoms with E-state index in [4.69, 9.17) is 9.57 Å². The highest BCUT2D eigenvalue weighted by atomic mass is 19.3. The van der Waals surface area contributed by atoms with E-state index in [0.717, 1.165) is 25.5 Å². The third-order valence-corrected chi connectivity index (χ3v) is 3.67. The molecular formula is C13H19F2NO3. The first kappa shape index (κ1) is 14.2. The molecule has 1 fully saturated rings. The lowest BCUT2D eigenvalue weighted by molar-refractivity contribution is -0.180. The van der Waals surface area contributed by atoms with Crippen LogP contribution >= 0.6 is 0 Å². The van der Waals surface area contributed by atoms with Crippen LogP contribution in [0.4, 0.5) is 8.78 Å². The summed E-state index contributed by atoms with van der Waals surface area (Å²) in [4.78, 5) is 17.4. The summed E-state index contributed by atoms with van der Waals surface area (Å²) < 4.78 is 30.3. The van der Waals surface area contributed by atoms with Gasteiger partial charge in [0.15, 0.2) is 6.61 Å². The van der Waals surface area contributed by atoms with E-state index >= 15 is 0 Å². The van der Waals surface area contributed by atoms with Gasteiger partial charge in [0.2, 0.25) is 5.60 Å². The van der Waals surface area contributed by atoms with Gasteiger partial charge in [-0.3, -0.25) is 0 Å². The summed E-state index contributed by atoms with van der Waals surface area (Å²) >= 11 is 0. The van der Waals surface area contributed by atoms with Gasteiger partial charge in [-0.25, -0.2) is 13.6 Å². The number of oxime groups is 1. The number of carbonyl (C=O) groups excluding carboxylic acids is 1. The number of hydrogen-bond donors (Lipinski definition) is 0. The van der Waals surface area contributed by atoms with Crippen molar-refractivity contribution in [3.8, 4) is 0 Å². The Morgan fingerprint density at radius 3 is 2.89 bits per heavy atom. The lowest BCUT2D eigenvalue weighted by Crippen LogP contribution is -2.45. The van der Waals surface area contributed by atoms with Crippen LogP contribution in [0.1, 0.15) is 40.0 Å². The number of ether oxygens (including phenoxy) is 1. The fraction of sp³-hybridized carbons (Fsp3) is 0.846. The highest BCUT2D eigenvalue weighted by Gasteiger charge is 2.59. The summed E-state index contributed by atoms with van der Waals surface area (Å²) in [6.45, 7) is 3.75. The molecule has 108 valence electrons. The molecule has 1 saturated carbocycles. The molecular weight excluding hydrogens is 256 g/mol. The normalized spacial score (nSPS) is 30.0. The number of carbonyl (C=O) groups is 1. The summed E-state index contributed by atoms with van der Waals surface area (Å²) in [5, 5.41) is 3.99. The molecule has 0 aromatic heterocycles. The Morgan fingerprint density at radius 2 is 2.32 bits per heavy atom. The Morgan fingerprint density at radius 1 is 1.63 bits per heavy atom. The number of fused-ring (bicyclic) bond motifs is 1. The van der Waals surface area contributed by atoms with Crippen molar-refractivity contribution in [3.63, 3.8) is 0 Å². The van der Waals surface area contributed by atoms with Crippen molar-refractivity contribution in [2.75, 3.05) is 6.61 Å². The van der Waals surface area contributed by atoms with E-state index in [1.165, 1.54) is 0 Å². The zero-order valence-corrected chi connectivity index (χ0v) is 11.4. The first-order chi connectivity index (χ1) is 8.76. The minimum absolute atomic E-state index is 0.134. The molecule has 0 aromatic carbocycles. The van der Waals surface area contributed by atoms with E-state index in [0.29, 0.717) is 6.42 Å². The third-order valence-electron chi connectivity index (χ3n) is 3.67. The molecule has 4 nitrogen and oxygen atoms in total. The number of esters is 1. The third kappa shape index (κ3) is 2.58. The van der Waals surface area contributed by atoms with Gasteiger partial charge in [0.05, 0.1) is 11.6 Å². The number of alkyl halides is 2. The van der Waals surface area contributed by atoms with Crippen LogP contribution in [-0.4, -0.2) is 29.8 Å². The van der Waals surface area contributed by atoms with Gasteiger partial charge in [-0.1, -0.05) is 19.0 Å². The van der Waals surface area contributed by atoms with Crippen LogP contribution in [0, 0.1) is 11.8 Å². The van der Waals surface area contributed by atoms with Crippen molar-refractivity contribution in [2.24, 2.45) is 17.0 Å². The molecule has 1 heterocycles. The second-order valence-electron chi connectivity index (χ2n) is 5.74. The SMILES string of the molecule is CC(C)C1=NOC2(C(=O)OCC(C)(F)F)CCCC12. The number of hydrogen-bond acceptors (Lipinski definition) is 4. The van der Waals surface area contributed by atoms with Gasteiger partial charge in [0.1, 0.15) is 0 Å². The molecule has 2 atom stereocenters. The summed E-state index contributed by atoms with van der Waals surface area (Å²) in [7, 11) is 0. The van der Waals surface area contributed by atoms with Crippen LogP contribution in [0.25, 0.3) is 0 Å². The van der Waals surface area contributed by atoms with E-state index in [1.54, 1.807) is 0 Å². The Labute approximate surface area is 111 Å². The van der Waals surface area contributed by atoms with Crippen LogP contribution in [-0.2, 0) is 14.4 Å². The van der Waals surface area contributed by atoms with E-state index in [1.807, 2.05) is 13.8 Å². The predicted molar refractivity (Wildman–Crippen MR) is 65.0 cm³/mol. The van der Waals surface area contributed by atoms with Crippen LogP contribution in [0.5, 0.6) is 0 Å². The Hall–Kier alpha value is -1.20. The van der Waals surface area contributed by atoms with Crippen molar-refractivity contribution >= 4 is 11.7 Å². The Balaban J connectivity index is 2.09. The smallest absolute Gasteiger partial charge is 0.354 e. The minimum Gasteiger partial charge on any atom is -0.456 e. The molecule has 2 unspecified atom stereocenters. The predicted octanol–water partition coefficient (Wildman–Crippen LogP) is 2.77. The van der Waals surface area contributed by atoms with Crippen LogP contribution < -0.4 is 0 Å². The molecule has 1 aliphatic heterocycles. The van der Waals surface area contributed by atoms with Gasteiger partial charge in [-0.05, 0) is 18.8 Å². The van der Waals surface area contributed by atoms with Crippen LogP contribution in [0.15, 0.2) is 5.16 Å². The summed E-state index contributed by atoms with van der Waals surface area (Å²) in [6, 6.07) is 0. The lowest BCUT2D eigenvalue weighted by atomic mass is 9.83. The largest absolute Gasteiger partial charge is 0.456 e. The molecule has 0 radical (unpaired) electrons. The van der Waals surface area contributed by atoms with Gasteiger partial charge in [0.25, 0.3) is 5.92 Å². The minimum atomic E-state index is -3.03. The average Bonchev–Trinajstić information content (AvgIpc) is 2.82. The Kier molecular flexibility index (Phi) is 3.53. The molecule has 1 aliphatic carbocycles. The van der Waals surface area contributed by atoms with E-state index < -0.39 is 24.1 Å². The fourth-order valence-corrected chi connectivity index (χ4v) is 2.77. The van der Waals surface area contributed by atoms with Gasteiger partial charge in [0, 0.05) is 13.3 Å². The lowest BCUT2D eigenvalue weighted by Gasteiger charge is -2.25. The zero-order valence-electron chi connectivity index (χ0n) is 11.4. The molecule has 0 N–H and O–H groups in total. The maximum absolute atomic E-state index is 12.8. The first-order valence-electron chi connectivity index (χ1n) is 6.57. The van der Waals surface area contributed by atoms with Gasteiger partial charge in [-0.2, -0.15) is 0 Å². The summed E-state index contributed by atoms with van der Waals surface area (Å²) in [5.41, 5.74) is -0.331. The zero-order chi connectivity index (χ0) is 14.3. The quantitative estimate of drug-likeness (QED) is 0.741. The standard InChI is InChI=1S/C13H19F2NO3/c1-8(2)10-9-5-4-6-13(9,19-16-10)11(17)18-7-12(3,14)15/h8-9H,4-7H2,1-3H3. The van der Waals surface area contributed by atoms with Crippen LogP contribution in [0.2, 0.25) is 0 Å². The monoisotopic (exact) mass is 275 g/mol. The van der Waals surface area contributed by atoms with Gasteiger partial charge in [-0.15, -0.1) is 0 Å². The van der Waals surface area contributed by atoms with Crippen molar-refractivity contribution in [1.82, 2.24) is 0 Å². The maximum Gasteiger partial charge on any atom is 0.354 e. The number of rotatable bonds is 4. The number of nitrogens with zero attached hydrogens (tertiary/aromatic N) is 1. The highest BCUT2D eigenvalue weighted by molar-refractivity contribution is 5.97. The first-order valence-corrected chi connectivity index (χ1v) is 6.57. The molecule has 19 heavy (non-hydrogen) atoms. The van der Waals surface area contributed by atoms with Gasteiger partial charge >= 0.3 is 5.97 Å².